The molecular formula is C28H25FN4O4. The van der Waals surface area contributed by atoms with Crippen molar-refractivity contribution in [3.8, 4) is 17.2 Å². The number of benzene rings is 3. The largest absolute Gasteiger partial charge is 0.453 e. The van der Waals surface area contributed by atoms with E-state index in [1.165, 1.54) is 30.5 Å². The minimum atomic E-state index is -0.488. The summed E-state index contributed by atoms with van der Waals surface area (Å²) < 4.78 is 26.1. The molecule has 8 nitrogen and oxygen atoms in total. The van der Waals surface area contributed by atoms with E-state index in [4.69, 9.17) is 9.47 Å². The maximum atomic E-state index is 13.4. The number of anilines is 2. The molecule has 1 aliphatic heterocycles. The Morgan fingerprint density at radius 1 is 1.05 bits per heavy atom. The number of ether oxygens (including phenoxy) is 2. The summed E-state index contributed by atoms with van der Waals surface area (Å²) >= 11 is 0. The van der Waals surface area contributed by atoms with E-state index >= 15 is 0 Å². The molecule has 0 unspecified atom stereocenters. The van der Waals surface area contributed by atoms with Gasteiger partial charge in [0.1, 0.15) is 11.6 Å². The summed E-state index contributed by atoms with van der Waals surface area (Å²) in [6.45, 7) is 1.20. The van der Waals surface area contributed by atoms with Crippen LogP contribution >= 0.6 is 0 Å². The van der Waals surface area contributed by atoms with Gasteiger partial charge in [-0.3, -0.25) is 9.59 Å². The lowest BCUT2D eigenvalue weighted by molar-refractivity contribution is 0.0858. The summed E-state index contributed by atoms with van der Waals surface area (Å²) in [4.78, 5) is 26.0. The lowest BCUT2D eigenvalue weighted by Crippen LogP contribution is -2.31. The molecule has 1 atom stereocenters. The molecule has 9 heteroatoms. The Morgan fingerprint density at radius 3 is 2.51 bits per heavy atom. The van der Waals surface area contributed by atoms with Crippen molar-refractivity contribution in [2.75, 3.05) is 18.5 Å². The van der Waals surface area contributed by atoms with Gasteiger partial charge in [0.25, 0.3) is 11.5 Å². The number of amides is 1. The van der Waals surface area contributed by atoms with E-state index in [2.05, 4.69) is 15.7 Å². The van der Waals surface area contributed by atoms with Gasteiger partial charge in [0.2, 0.25) is 0 Å². The number of hydrogen-bond donors (Lipinski definition) is 2. The molecule has 0 spiro atoms. The molecule has 2 N–H and O–H groups in total. The molecule has 1 aliphatic rings. The molecule has 1 aromatic heterocycles. The molecule has 2 heterocycles. The van der Waals surface area contributed by atoms with Crippen molar-refractivity contribution in [3.63, 3.8) is 0 Å². The Bertz CT molecular complexity index is 1420. The summed E-state index contributed by atoms with van der Waals surface area (Å²) in [5, 5.41) is 10.2. The van der Waals surface area contributed by atoms with Crippen LogP contribution in [0, 0.1) is 5.82 Å². The molecule has 1 fully saturated rings. The lowest BCUT2D eigenvalue weighted by atomic mass is 10.1. The van der Waals surface area contributed by atoms with E-state index < -0.39 is 11.4 Å². The SMILES string of the molecule is O=C(NC[C@@H]1CCCO1)c1ccc(Nc2c(Oc3ccccc3)cnn(-c3ccc(F)cc3)c2=O)cc1. The summed E-state index contributed by atoms with van der Waals surface area (Å²) in [6.07, 6.45) is 3.43. The average Bonchev–Trinajstić information content (AvgIpc) is 3.45. The zero-order chi connectivity index (χ0) is 25.6. The predicted octanol–water partition coefficient (Wildman–Crippen LogP) is 4.82. The van der Waals surface area contributed by atoms with Gasteiger partial charge in [-0.2, -0.15) is 9.78 Å². The molecule has 0 aliphatic carbocycles. The molecular weight excluding hydrogens is 475 g/mol. The summed E-state index contributed by atoms with van der Waals surface area (Å²) in [6, 6.07) is 21.2. The van der Waals surface area contributed by atoms with E-state index in [9.17, 15) is 14.0 Å². The van der Waals surface area contributed by atoms with Crippen molar-refractivity contribution in [2.45, 2.75) is 18.9 Å². The molecule has 1 saturated heterocycles. The second kappa shape index (κ2) is 11.0. The topological polar surface area (TPSA) is 94.5 Å². The normalized spacial score (nSPS) is 14.8. The maximum Gasteiger partial charge on any atom is 0.299 e. The highest BCUT2D eigenvalue weighted by Crippen LogP contribution is 2.29. The van der Waals surface area contributed by atoms with Gasteiger partial charge < -0.3 is 20.1 Å². The van der Waals surface area contributed by atoms with E-state index in [0.29, 0.717) is 29.2 Å². The van der Waals surface area contributed by atoms with Crippen LogP contribution in [-0.4, -0.2) is 34.9 Å². The number of hydrogen-bond acceptors (Lipinski definition) is 6. The van der Waals surface area contributed by atoms with Gasteiger partial charge in [-0.15, -0.1) is 0 Å². The fourth-order valence-corrected chi connectivity index (χ4v) is 3.98. The summed E-state index contributed by atoms with van der Waals surface area (Å²) in [7, 11) is 0. The fraction of sp³-hybridized carbons (Fsp3) is 0.179. The van der Waals surface area contributed by atoms with E-state index in [1.807, 2.05) is 18.2 Å². The third-order valence-electron chi connectivity index (χ3n) is 5.92. The summed E-state index contributed by atoms with van der Waals surface area (Å²) in [5.74, 6) is 0.134. The number of para-hydroxylation sites is 1. The van der Waals surface area contributed by atoms with Crippen LogP contribution in [0.25, 0.3) is 5.69 Å². The highest BCUT2D eigenvalue weighted by molar-refractivity contribution is 5.94. The van der Waals surface area contributed by atoms with Gasteiger partial charge in [0.15, 0.2) is 11.4 Å². The van der Waals surface area contributed by atoms with Gasteiger partial charge in [0.05, 0.1) is 18.0 Å². The van der Waals surface area contributed by atoms with Crippen LogP contribution in [0.5, 0.6) is 11.5 Å². The van der Waals surface area contributed by atoms with E-state index in [1.54, 1.807) is 36.4 Å². The first kappa shape index (κ1) is 24.2. The van der Waals surface area contributed by atoms with Crippen LogP contribution in [0.3, 0.4) is 0 Å². The second-order valence-corrected chi connectivity index (χ2v) is 8.54. The predicted molar refractivity (Wildman–Crippen MR) is 137 cm³/mol. The van der Waals surface area contributed by atoms with Crippen molar-refractivity contribution in [2.24, 2.45) is 0 Å². The van der Waals surface area contributed by atoms with Crippen LogP contribution < -0.4 is 20.9 Å². The zero-order valence-corrected chi connectivity index (χ0v) is 19.9. The number of carbonyl (C=O) groups excluding carboxylic acids is 1. The molecule has 3 aromatic carbocycles. The Balaban J connectivity index is 1.40. The van der Waals surface area contributed by atoms with Crippen molar-refractivity contribution in [3.05, 3.63) is 107 Å². The van der Waals surface area contributed by atoms with E-state index in [0.717, 1.165) is 24.1 Å². The number of aromatic nitrogens is 2. The molecule has 0 bridgehead atoms. The standard InChI is InChI=1S/C28H25FN4O4/c29-20-10-14-22(15-11-20)33-28(35)26(25(18-31-33)37-23-5-2-1-3-6-23)32-21-12-8-19(9-13-21)27(34)30-17-24-7-4-16-36-24/h1-3,5-6,8-15,18,24,32H,4,7,16-17H2,(H,30,34)/t24-/m0/s1. The monoisotopic (exact) mass is 500 g/mol. The van der Waals surface area contributed by atoms with Crippen LogP contribution in [0.15, 0.2) is 89.9 Å². The molecule has 4 aromatic rings. The maximum absolute atomic E-state index is 13.4. The van der Waals surface area contributed by atoms with Crippen molar-refractivity contribution < 1.29 is 18.7 Å². The van der Waals surface area contributed by atoms with Crippen LogP contribution in [0.1, 0.15) is 23.2 Å². The molecule has 188 valence electrons. The number of nitrogens with zero attached hydrogens (tertiary/aromatic N) is 2. The second-order valence-electron chi connectivity index (χ2n) is 8.54. The van der Waals surface area contributed by atoms with Gasteiger partial charge >= 0.3 is 0 Å². The Morgan fingerprint density at radius 2 is 1.81 bits per heavy atom. The molecule has 0 radical (unpaired) electrons. The van der Waals surface area contributed by atoms with Gasteiger partial charge in [-0.1, -0.05) is 18.2 Å². The Kier molecular flexibility index (Phi) is 7.23. The zero-order valence-electron chi connectivity index (χ0n) is 19.9. The van der Waals surface area contributed by atoms with Gasteiger partial charge in [-0.25, -0.2) is 4.39 Å². The number of nitrogens with one attached hydrogen (secondary N) is 2. The minimum Gasteiger partial charge on any atom is -0.453 e. The lowest BCUT2D eigenvalue weighted by Gasteiger charge is -2.15. The Hall–Kier alpha value is -4.50. The minimum absolute atomic E-state index is 0.0582. The fourth-order valence-electron chi connectivity index (χ4n) is 3.98. The summed E-state index contributed by atoms with van der Waals surface area (Å²) in [5.41, 5.74) is 1.11. The first-order chi connectivity index (χ1) is 18.1. The third kappa shape index (κ3) is 5.84. The molecule has 0 saturated carbocycles. The smallest absolute Gasteiger partial charge is 0.299 e. The average molecular weight is 501 g/mol. The van der Waals surface area contributed by atoms with Crippen molar-refractivity contribution >= 4 is 17.3 Å². The molecule has 1 amide bonds. The highest BCUT2D eigenvalue weighted by atomic mass is 19.1. The van der Waals surface area contributed by atoms with Crippen molar-refractivity contribution in [1.82, 2.24) is 15.1 Å². The van der Waals surface area contributed by atoms with E-state index in [-0.39, 0.29) is 23.4 Å². The van der Waals surface area contributed by atoms with Crippen LogP contribution in [0.4, 0.5) is 15.8 Å². The third-order valence-corrected chi connectivity index (χ3v) is 5.92. The first-order valence-electron chi connectivity index (χ1n) is 11.9. The Labute approximate surface area is 212 Å². The van der Waals surface area contributed by atoms with Gasteiger partial charge in [0, 0.05) is 24.4 Å². The highest BCUT2D eigenvalue weighted by Gasteiger charge is 2.18. The quantitative estimate of drug-likeness (QED) is 0.360. The van der Waals surface area contributed by atoms with Crippen LogP contribution in [-0.2, 0) is 4.74 Å². The molecule has 5 rings (SSSR count). The first-order valence-corrected chi connectivity index (χ1v) is 11.9. The molecule has 37 heavy (non-hydrogen) atoms. The number of carbonyl (C=O) groups is 1. The number of halogens is 1. The number of rotatable bonds is 8. The van der Waals surface area contributed by atoms with Gasteiger partial charge in [-0.05, 0) is 73.5 Å². The van der Waals surface area contributed by atoms with Crippen LogP contribution in [0.2, 0.25) is 0 Å². The van der Waals surface area contributed by atoms with Crippen molar-refractivity contribution in [1.29, 1.82) is 0 Å².